The van der Waals surface area contributed by atoms with Gasteiger partial charge in [-0.15, -0.1) is 0 Å². The van der Waals surface area contributed by atoms with Crippen LogP contribution in [0.15, 0.2) is 0 Å². The molecule has 82 valence electrons. The molecular formula is C11H21NO2. The predicted octanol–water partition coefficient (Wildman–Crippen LogP) is 0.903. The van der Waals surface area contributed by atoms with E-state index in [2.05, 4.69) is 6.92 Å². The molecular weight excluding hydrogens is 178 g/mol. The molecule has 3 nitrogen and oxygen atoms in total. The van der Waals surface area contributed by atoms with Crippen LogP contribution in [0.5, 0.6) is 0 Å². The fourth-order valence-electron chi connectivity index (χ4n) is 3.10. The highest BCUT2D eigenvalue weighted by Crippen LogP contribution is 2.57. The normalized spacial score (nSPS) is 41.8. The minimum absolute atomic E-state index is 0.113. The van der Waals surface area contributed by atoms with E-state index in [0.717, 1.165) is 38.9 Å². The Hall–Kier alpha value is -0.120. The largest absolute Gasteiger partial charge is 0.393 e. The summed E-state index contributed by atoms with van der Waals surface area (Å²) in [7, 11) is 0. The summed E-state index contributed by atoms with van der Waals surface area (Å²) < 4.78 is 5.40. The molecule has 0 amide bonds. The smallest absolute Gasteiger partial charge is 0.0552 e. The topological polar surface area (TPSA) is 55.5 Å². The monoisotopic (exact) mass is 199 g/mol. The molecule has 0 aromatic carbocycles. The molecule has 0 atom stereocenters. The summed E-state index contributed by atoms with van der Waals surface area (Å²) in [5.41, 5.74) is 6.38. The van der Waals surface area contributed by atoms with Crippen molar-refractivity contribution >= 4 is 0 Å². The van der Waals surface area contributed by atoms with Gasteiger partial charge in [-0.05, 0) is 43.1 Å². The fraction of sp³-hybridized carbons (Fsp3) is 1.00. The van der Waals surface area contributed by atoms with E-state index in [9.17, 15) is 5.11 Å². The highest BCUT2D eigenvalue weighted by molar-refractivity contribution is 5.05. The molecule has 3 heteroatoms. The molecule has 1 saturated heterocycles. The van der Waals surface area contributed by atoms with Crippen molar-refractivity contribution in [1.29, 1.82) is 0 Å². The Morgan fingerprint density at radius 2 is 1.93 bits per heavy atom. The van der Waals surface area contributed by atoms with Crippen LogP contribution < -0.4 is 5.73 Å². The van der Waals surface area contributed by atoms with E-state index in [0.29, 0.717) is 12.0 Å². The van der Waals surface area contributed by atoms with E-state index in [1.54, 1.807) is 0 Å². The van der Waals surface area contributed by atoms with Gasteiger partial charge in [0.05, 0.1) is 6.10 Å². The van der Waals surface area contributed by atoms with Gasteiger partial charge in [-0.2, -0.15) is 0 Å². The maximum atomic E-state index is 9.47. The van der Waals surface area contributed by atoms with Crippen molar-refractivity contribution < 1.29 is 9.84 Å². The number of nitrogens with two attached hydrogens (primary N) is 1. The summed E-state index contributed by atoms with van der Waals surface area (Å²) in [6, 6.07) is 0. The van der Waals surface area contributed by atoms with Crippen LogP contribution in [0.3, 0.4) is 0 Å². The average Bonchev–Trinajstić information content (AvgIpc) is 2.13. The zero-order valence-corrected chi connectivity index (χ0v) is 8.96. The van der Waals surface area contributed by atoms with E-state index in [4.69, 9.17) is 10.5 Å². The minimum atomic E-state index is -0.113. The Balaban J connectivity index is 2.10. The van der Waals surface area contributed by atoms with E-state index >= 15 is 0 Å². The molecule has 0 aromatic heterocycles. The molecule has 14 heavy (non-hydrogen) atoms. The second-order valence-electron chi connectivity index (χ2n) is 5.22. The van der Waals surface area contributed by atoms with Gasteiger partial charge in [-0.25, -0.2) is 0 Å². The van der Waals surface area contributed by atoms with E-state index in [1.807, 2.05) is 0 Å². The number of ether oxygens (including phenoxy) is 1. The summed E-state index contributed by atoms with van der Waals surface area (Å²) in [6.45, 7) is 4.73. The van der Waals surface area contributed by atoms with Crippen LogP contribution in [-0.2, 0) is 4.74 Å². The van der Waals surface area contributed by atoms with Crippen LogP contribution in [0.25, 0.3) is 0 Å². The van der Waals surface area contributed by atoms with Gasteiger partial charge in [0.25, 0.3) is 0 Å². The Morgan fingerprint density at radius 3 is 2.36 bits per heavy atom. The van der Waals surface area contributed by atoms with Crippen molar-refractivity contribution in [2.45, 2.75) is 38.7 Å². The molecule has 3 N–H and O–H groups in total. The van der Waals surface area contributed by atoms with E-state index in [1.165, 1.54) is 0 Å². The summed E-state index contributed by atoms with van der Waals surface area (Å²) >= 11 is 0. The Bertz CT molecular complexity index is 199. The lowest BCUT2D eigenvalue weighted by Crippen LogP contribution is -2.57. The van der Waals surface area contributed by atoms with Crippen molar-refractivity contribution in [2.24, 2.45) is 16.6 Å². The van der Waals surface area contributed by atoms with Gasteiger partial charge in [0.2, 0.25) is 0 Å². The van der Waals surface area contributed by atoms with Crippen LogP contribution in [0.2, 0.25) is 0 Å². The first-order valence-corrected chi connectivity index (χ1v) is 5.58. The van der Waals surface area contributed by atoms with Gasteiger partial charge >= 0.3 is 0 Å². The lowest BCUT2D eigenvalue weighted by molar-refractivity contribution is -0.142. The first-order valence-electron chi connectivity index (χ1n) is 5.58. The van der Waals surface area contributed by atoms with Gasteiger partial charge in [-0.3, -0.25) is 0 Å². The Kier molecular flexibility index (Phi) is 2.58. The summed E-state index contributed by atoms with van der Waals surface area (Å²) in [5, 5.41) is 9.47. The third-order valence-electron chi connectivity index (χ3n) is 4.52. The number of rotatable bonds is 2. The Labute approximate surface area is 85.6 Å². The molecule has 1 saturated carbocycles. The average molecular weight is 199 g/mol. The second-order valence-corrected chi connectivity index (χ2v) is 5.22. The van der Waals surface area contributed by atoms with Gasteiger partial charge in [0.15, 0.2) is 0 Å². The fourth-order valence-corrected chi connectivity index (χ4v) is 3.10. The SMILES string of the molecule is CC1(C2(CN)CC(O)C2)CCOCC1. The maximum absolute atomic E-state index is 9.47. The summed E-state index contributed by atoms with van der Waals surface area (Å²) in [4.78, 5) is 0. The van der Waals surface area contributed by atoms with Crippen molar-refractivity contribution in [3.05, 3.63) is 0 Å². The standard InChI is InChI=1S/C11H21NO2/c1-10(2-4-14-5-3-10)11(8-12)6-9(13)7-11/h9,13H,2-8,12H2,1H3. The number of hydrogen-bond donors (Lipinski definition) is 2. The van der Waals surface area contributed by atoms with E-state index in [-0.39, 0.29) is 11.5 Å². The lowest BCUT2D eigenvalue weighted by atomic mass is 9.50. The molecule has 0 aromatic rings. The molecule has 0 spiro atoms. The summed E-state index contributed by atoms with van der Waals surface area (Å²) in [6.07, 6.45) is 3.85. The third-order valence-corrected chi connectivity index (χ3v) is 4.52. The molecule has 2 fully saturated rings. The van der Waals surface area contributed by atoms with Crippen LogP contribution in [0, 0.1) is 10.8 Å². The highest BCUT2D eigenvalue weighted by Gasteiger charge is 2.54. The predicted molar refractivity (Wildman–Crippen MR) is 54.9 cm³/mol. The minimum Gasteiger partial charge on any atom is -0.393 e. The Morgan fingerprint density at radius 1 is 1.36 bits per heavy atom. The first-order chi connectivity index (χ1) is 6.62. The molecule has 0 radical (unpaired) electrons. The third kappa shape index (κ3) is 1.38. The van der Waals surface area contributed by atoms with Crippen molar-refractivity contribution in [3.8, 4) is 0 Å². The highest BCUT2D eigenvalue weighted by atomic mass is 16.5. The molecule has 0 unspecified atom stereocenters. The van der Waals surface area contributed by atoms with Gasteiger partial charge in [0.1, 0.15) is 0 Å². The molecule has 1 heterocycles. The maximum Gasteiger partial charge on any atom is 0.0552 e. The van der Waals surface area contributed by atoms with Gasteiger partial charge < -0.3 is 15.6 Å². The molecule has 2 rings (SSSR count). The van der Waals surface area contributed by atoms with Crippen LogP contribution in [0.4, 0.5) is 0 Å². The van der Waals surface area contributed by atoms with E-state index < -0.39 is 0 Å². The van der Waals surface area contributed by atoms with Gasteiger partial charge in [-0.1, -0.05) is 6.92 Å². The lowest BCUT2D eigenvalue weighted by Gasteiger charge is -2.57. The molecule has 1 aliphatic carbocycles. The van der Waals surface area contributed by atoms with Crippen LogP contribution >= 0.6 is 0 Å². The van der Waals surface area contributed by atoms with Crippen LogP contribution in [-0.4, -0.2) is 31.0 Å². The van der Waals surface area contributed by atoms with Crippen molar-refractivity contribution in [3.63, 3.8) is 0 Å². The zero-order chi connectivity index (χ0) is 10.2. The number of hydrogen-bond acceptors (Lipinski definition) is 3. The quantitative estimate of drug-likeness (QED) is 0.695. The second kappa shape index (κ2) is 3.47. The molecule has 0 bridgehead atoms. The number of aliphatic hydroxyl groups excluding tert-OH is 1. The van der Waals surface area contributed by atoms with Crippen molar-refractivity contribution in [2.75, 3.05) is 19.8 Å². The summed E-state index contributed by atoms with van der Waals surface area (Å²) in [5.74, 6) is 0. The number of aliphatic hydroxyl groups is 1. The first kappa shape index (κ1) is 10.4. The van der Waals surface area contributed by atoms with Crippen LogP contribution in [0.1, 0.15) is 32.6 Å². The van der Waals surface area contributed by atoms with Crippen molar-refractivity contribution in [1.82, 2.24) is 0 Å². The molecule has 1 aliphatic heterocycles. The molecule has 2 aliphatic rings. The zero-order valence-electron chi connectivity index (χ0n) is 8.96. The van der Waals surface area contributed by atoms with Gasteiger partial charge in [0, 0.05) is 13.2 Å².